The van der Waals surface area contributed by atoms with Gasteiger partial charge in [-0.25, -0.2) is 14.6 Å². The van der Waals surface area contributed by atoms with Crippen molar-refractivity contribution in [3.05, 3.63) is 11.1 Å². The van der Waals surface area contributed by atoms with Gasteiger partial charge < -0.3 is 10.8 Å². The van der Waals surface area contributed by atoms with Gasteiger partial charge in [-0.1, -0.05) is 4.53 Å². The number of hydrogen-bond acceptors (Lipinski definition) is 6. The summed E-state index contributed by atoms with van der Waals surface area (Å²) < 4.78 is 3.71. The van der Waals surface area contributed by atoms with Gasteiger partial charge in [-0.15, -0.1) is 0 Å². The van der Waals surface area contributed by atoms with Crippen LogP contribution in [0.2, 0.25) is 0 Å². The molecule has 0 bridgehead atoms. The highest BCUT2D eigenvalue weighted by Gasteiger charge is 2.29. The zero-order chi connectivity index (χ0) is 13.1. The van der Waals surface area contributed by atoms with Crippen molar-refractivity contribution >= 4 is 28.1 Å². The molecule has 1 atom stereocenters. The Morgan fingerprint density at radius 3 is 2.94 bits per heavy atom. The third kappa shape index (κ3) is 3.46. The third-order valence-corrected chi connectivity index (χ3v) is 3.08. The second-order valence-corrected chi connectivity index (χ2v) is 5.11. The lowest BCUT2D eigenvalue weighted by Crippen LogP contribution is -2.33. The topological polar surface area (TPSA) is 114 Å². The van der Waals surface area contributed by atoms with Gasteiger partial charge in [0.15, 0.2) is 10.8 Å². The number of allylic oxidation sites excluding steroid dienone is 1. The summed E-state index contributed by atoms with van der Waals surface area (Å²) in [5, 5.41) is 10.6. The molecule has 0 aliphatic carbocycles. The monoisotopic (exact) mass is 258 g/mol. The molecule has 17 heavy (non-hydrogen) atoms. The summed E-state index contributed by atoms with van der Waals surface area (Å²) in [4.78, 5) is 29.7. The smallest absolute Gasteiger partial charge is 0.338 e. The number of nitrogens with two attached hydrogens (primary N) is 1. The molecule has 93 valence electrons. The van der Waals surface area contributed by atoms with Crippen LogP contribution in [0.1, 0.15) is 20.3 Å². The summed E-state index contributed by atoms with van der Waals surface area (Å²) in [6.07, 6.45) is 1.72. The van der Waals surface area contributed by atoms with Crippen molar-refractivity contribution in [3.63, 3.8) is 0 Å². The lowest BCUT2D eigenvalue weighted by atomic mass is 10.1. The first-order chi connectivity index (χ1) is 7.86. The first kappa shape index (κ1) is 13.5. The molecule has 1 rings (SSSR count). The van der Waals surface area contributed by atoms with Gasteiger partial charge in [-0.05, 0) is 13.8 Å². The maximum Gasteiger partial charge on any atom is 0.338 e. The van der Waals surface area contributed by atoms with E-state index in [9.17, 15) is 9.59 Å². The van der Waals surface area contributed by atoms with Crippen LogP contribution in [0, 0.1) is 0 Å². The molecule has 3 N–H and O–H groups in total. The lowest BCUT2D eigenvalue weighted by molar-refractivity contribution is -0.160. The minimum absolute atomic E-state index is 0.0298. The van der Waals surface area contributed by atoms with Crippen LogP contribution in [0.5, 0.6) is 0 Å². The molecule has 8 heteroatoms. The quantitative estimate of drug-likeness (QED) is 0.686. The van der Waals surface area contributed by atoms with Crippen molar-refractivity contribution in [3.8, 4) is 0 Å². The Hall–Kier alpha value is -1.54. The van der Waals surface area contributed by atoms with Crippen LogP contribution < -0.4 is 5.73 Å². The molecule has 1 unspecified atom stereocenters. The van der Waals surface area contributed by atoms with E-state index >= 15 is 0 Å². The van der Waals surface area contributed by atoms with Gasteiger partial charge in [0.25, 0.3) is 0 Å². The number of carbonyl (C=O) groups is 1. The molecule has 0 aromatic heterocycles. The summed E-state index contributed by atoms with van der Waals surface area (Å²) in [7, 11) is -0.940. The standard InChI is InChI=1S/C9H12N3O4S/c1-9(2,7(14)15)16-12-17-5-6(3-4-13)11-8(17)10/h5H,3H2,1-2H3,(H2,10,11)(H,14,15). The van der Waals surface area contributed by atoms with E-state index in [1.54, 1.807) is 11.7 Å². The summed E-state index contributed by atoms with van der Waals surface area (Å²) in [5.41, 5.74) is 4.59. The van der Waals surface area contributed by atoms with E-state index in [1.807, 2.05) is 0 Å². The van der Waals surface area contributed by atoms with E-state index in [1.165, 1.54) is 13.8 Å². The summed E-state index contributed by atoms with van der Waals surface area (Å²) in [5.74, 6) is -1.13. The highest BCUT2D eigenvalue weighted by atomic mass is 32.2. The van der Waals surface area contributed by atoms with E-state index in [2.05, 4.69) is 9.52 Å². The fourth-order valence-electron chi connectivity index (χ4n) is 0.791. The molecule has 1 heterocycles. The Balaban J connectivity index is 2.79. The molecule has 0 spiro atoms. The van der Waals surface area contributed by atoms with Gasteiger partial charge in [0.2, 0.25) is 6.29 Å². The van der Waals surface area contributed by atoms with Gasteiger partial charge in [-0.3, -0.25) is 4.79 Å². The Morgan fingerprint density at radius 2 is 2.41 bits per heavy atom. The van der Waals surface area contributed by atoms with Crippen molar-refractivity contribution in [1.29, 1.82) is 0 Å². The van der Waals surface area contributed by atoms with Gasteiger partial charge in [0, 0.05) is 16.1 Å². The molecule has 0 fully saturated rings. The van der Waals surface area contributed by atoms with E-state index < -0.39 is 22.3 Å². The van der Waals surface area contributed by atoms with Crippen molar-refractivity contribution in [2.24, 2.45) is 15.3 Å². The molecule has 0 aromatic carbocycles. The fraction of sp³-hybridized carbons (Fsp3) is 0.444. The van der Waals surface area contributed by atoms with Gasteiger partial charge >= 0.3 is 5.97 Å². The summed E-state index contributed by atoms with van der Waals surface area (Å²) in [6, 6.07) is 0. The molecule has 1 aliphatic heterocycles. The Morgan fingerprint density at radius 1 is 1.76 bits per heavy atom. The third-order valence-electron chi connectivity index (χ3n) is 1.83. The predicted octanol–water partition coefficient (Wildman–Crippen LogP) is 0.253. The highest BCUT2D eigenvalue weighted by Crippen LogP contribution is 2.16. The van der Waals surface area contributed by atoms with Gasteiger partial charge in [0.1, 0.15) is 0 Å². The zero-order valence-corrected chi connectivity index (χ0v) is 10.2. The van der Waals surface area contributed by atoms with E-state index in [0.717, 1.165) is 0 Å². The molecule has 7 nitrogen and oxygen atoms in total. The molecule has 0 aromatic rings. The minimum Gasteiger partial charge on any atom is -0.479 e. The average molecular weight is 258 g/mol. The second-order valence-electron chi connectivity index (χ2n) is 3.68. The molecule has 0 amide bonds. The number of carboxylic acids is 1. The average Bonchev–Trinajstić information content (AvgIpc) is 2.57. The Bertz CT molecular complexity index is 440. The molecule has 0 saturated heterocycles. The number of aliphatic imine (C=N–C) groups is 1. The van der Waals surface area contributed by atoms with E-state index in [0.29, 0.717) is 5.70 Å². The van der Waals surface area contributed by atoms with E-state index in [-0.39, 0.29) is 11.6 Å². The second kappa shape index (κ2) is 5.19. The Kier molecular flexibility index (Phi) is 4.13. The largest absolute Gasteiger partial charge is 0.479 e. The van der Waals surface area contributed by atoms with Crippen LogP contribution in [0.4, 0.5) is 0 Å². The number of carbonyl (C=O) groups excluding carboxylic acids is 1. The number of nitrogens with zero attached hydrogens (tertiary/aromatic N) is 2. The first-order valence-electron chi connectivity index (χ1n) is 4.62. The van der Waals surface area contributed by atoms with Gasteiger partial charge in [-0.2, -0.15) is 0 Å². The van der Waals surface area contributed by atoms with Crippen LogP contribution in [-0.4, -0.2) is 28.1 Å². The number of hydrogen-bond donors (Lipinski definition) is 2. The van der Waals surface area contributed by atoms with Crippen molar-refractivity contribution in [2.45, 2.75) is 25.9 Å². The normalized spacial score (nSPS) is 20.0. The van der Waals surface area contributed by atoms with Crippen LogP contribution in [0.25, 0.3) is 0 Å². The van der Waals surface area contributed by atoms with Crippen molar-refractivity contribution in [1.82, 2.24) is 0 Å². The lowest BCUT2D eigenvalue weighted by Gasteiger charge is -2.15. The van der Waals surface area contributed by atoms with Crippen molar-refractivity contribution < 1.29 is 19.5 Å². The van der Waals surface area contributed by atoms with Crippen LogP contribution >= 0.6 is 0 Å². The maximum atomic E-state index is 10.8. The Labute approximate surface area is 100 Å². The summed E-state index contributed by atoms with van der Waals surface area (Å²) >= 11 is 0. The predicted molar refractivity (Wildman–Crippen MR) is 62.6 cm³/mol. The molecule has 1 aliphatic rings. The highest BCUT2D eigenvalue weighted by molar-refractivity contribution is 8.05. The van der Waals surface area contributed by atoms with Crippen LogP contribution in [0.15, 0.2) is 20.6 Å². The molecular weight excluding hydrogens is 246 g/mol. The summed E-state index contributed by atoms with van der Waals surface area (Å²) in [6.45, 7) is 2.74. The van der Waals surface area contributed by atoms with E-state index in [4.69, 9.17) is 15.7 Å². The van der Waals surface area contributed by atoms with Crippen LogP contribution in [0.3, 0.4) is 0 Å². The minimum atomic E-state index is -1.43. The van der Waals surface area contributed by atoms with Crippen LogP contribution in [-0.2, 0) is 25.1 Å². The van der Waals surface area contributed by atoms with Gasteiger partial charge in [0.05, 0.1) is 12.1 Å². The zero-order valence-electron chi connectivity index (χ0n) is 9.34. The molecular formula is C9H12N3O4S. The number of carboxylic acid groups (broad SMARTS) is 1. The molecule has 1 radical (unpaired) electrons. The number of amidine groups is 1. The maximum absolute atomic E-state index is 10.8. The SMILES string of the molecule is CC(C)(O/N=S1/C=C(C[C]=O)N=C1N)C(=O)O. The number of aliphatic carboxylic acids is 1. The fourth-order valence-corrected chi connectivity index (χ4v) is 1.90. The van der Waals surface area contributed by atoms with Crippen molar-refractivity contribution in [2.75, 3.05) is 0 Å². The number of rotatable bonds is 5. The first-order valence-corrected chi connectivity index (χ1v) is 5.87. The molecule has 0 saturated carbocycles.